The van der Waals surface area contributed by atoms with Crippen LogP contribution in [0, 0.1) is 6.92 Å². The first kappa shape index (κ1) is 18.6. The van der Waals surface area contributed by atoms with Gasteiger partial charge in [0.1, 0.15) is 12.4 Å². The van der Waals surface area contributed by atoms with Crippen LogP contribution in [0.1, 0.15) is 35.3 Å². The van der Waals surface area contributed by atoms with Gasteiger partial charge in [0, 0.05) is 24.5 Å². The molecular formula is C18H20N6O3S. The standard InChI is InChI=1S/C18H20N6O3S/c1-3-15-22-18(23-27-15)13-7-19-10-20-17(13)14-8-24(4-5-26-14)16(25)6-12-9-28-11(2)21-12/h7,9-10,14H,3-6,8H2,1-2H3/t14-/m0/s1. The van der Waals surface area contributed by atoms with Crippen molar-refractivity contribution >= 4 is 17.2 Å². The van der Waals surface area contributed by atoms with Gasteiger partial charge in [-0.2, -0.15) is 4.98 Å². The summed E-state index contributed by atoms with van der Waals surface area (Å²) < 4.78 is 11.1. The molecule has 146 valence electrons. The third-order valence-corrected chi connectivity index (χ3v) is 5.30. The van der Waals surface area contributed by atoms with Gasteiger partial charge in [0.25, 0.3) is 0 Å². The average molecular weight is 400 g/mol. The highest BCUT2D eigenvalue weighted by atomic mass is 32.1. The zero-order chi connectivity index (χ0) is 19.5. The molecule has 0 N–H and O–H groups in total. The van der Waals surface area contributed by atoms with Crippen molar-refractivity contribution in [2.45, 2.75) is 32.8 Å². The van der Waals surface area contributed by atoms with E-state index in [0.717, 1.165) is 10.7 Å². The number of carbonyl (C=O) groups is 1. The fraction of sp³-hybridized carbons (Fsp3) is 0.444. The molecule has 1 fully saturated rings. The van der Waals surface area contributed by atoms with E-state index < -0.39 is 0 Å². The Morgan fingerprint density at radius 2 is 2.29 bits per heavy atom. The lowest BCUT2D eigenvalue weighted by Crippen LogP contribution is -2.43. The number of aromatic nitrogens is 5. The highest BCUT2D eigenvalue weighted by Gasteiger charge is 2.29. The van der Waals surface area contributed by atoms with Gasteiger partial charge in [0.15, 0.2) is 0 Å². The van der Waals surface area contributed by atoms with Gasteiger partial charge in [0.05, 0.1) is 41.5 Å². The van der Waals surface area contributed by atoms with Crippen LogP contribution >= 0.6 is 11.3 Å². The molecular weight excluding hydrogens is 380 g/mol. The van der Waals surface area contributed by atoms with Crippen molar-refractivity contribution in [2.75, 3.05) is 19.7 Å². The largest absolute Gasteiger partial charge is 0.368 e. The van der Waals surface area contributed by atoms with Crippen LogP contribution in [0.2, 0.25) is 0 Å². The van der Waals surface area contributed by atoms with Crippen molar-refractivity contribution in [3.05, 3.63) is 40.2 Å². The third kappa shape index (κ3) is 3.92. The maximum atomic E-state index is 12.7. The molecule has 9 nitrogen and oxygen atoms in total. The Bertz CT molecular complexity index is 972. The van der Waals surface area contributed by atoms with Crippen molar-refractivity contribution in [1.29, 1.82) is 0 Å². The van der Waals surface area contributed by atoms with E-state index in [9.17, 15) is 4.79 Å². The molecule has 1 amide bonds. The first-order chi connectivity index (χ1) is 13.6. The van der Waals surface area contributed by atoms with Crippen LogP contribution in [-0.2, 0) is 22.4 Å². The first-order valence-corrected chi connectivity index (χ1v) is 9.95. The summed E-state index contributed by atoms with van der Waals surface area (Å²) in [6.07, 6.45) is 3.67. The molecule has 0 unspecified atom stereocenters. The minimum atomic E-state index is -0.378. The van der Waals surface area contributed by atoms with Gasteiger partial charge in [0.2, 0.25) is 17.6 Å². The number of rotatable bonds is 5. The van der Waals surface area contributed by atoms with Crippen LogP contribution in [0.4, 0.5) is 0 Å². The Labute approximate surface area is 165 Å². The predicted octanol–water partition coefficient (Wildman–Crippen LogP) is 2.00. The Kier molecular flexibility index (Phi) is 5.40. The molecule has 4 heterocycles. The maximum absolute atomic E-state index is 12.7. The molecule has 1 aliphatic rings. The van der Waals surface area contributed by atoms with E-state index in [2.05, 4.69) is 25.1 Å². The van der Waals surface area contributed by atoms with Gasteiger partial charge in [-0.05, 0) is 6.92 Å². The molecule has 3 aromatic heterocycles. The van der Waals surface area contributed by atoms with Crippen LogP contribution < -0.4 is 0 Å². The normalized spacial score (nSPS) is 17.1. The lowest BCUT2D eigenvalue weighted by Gasteiger charge is -2.33. The van der Waals surface area contributed by atoms with E-state index in [4.69, 9.17) is 9.26 Å². The maximum Gasteiger partial charge on any atom is 0.228 e. The highest BCUT2D eigenvalue weighted by Crippen LogP contribution is 2.28. The molecule has 0 bridgehead atoms. The quantitative estimate of drug-likeness (QED) is 0.640. The highest BCUT2D eigenvalue weighted by molar-refractivity contribution is 7.09. The van der Waals surface area contributed by atoms with Crippen molar-refractivity contribution < 1.29 is 14.1 Å². The molecule has 0 aromatic carbocycles. The molecule has 1 saturated heterocycles. The van der Waals surface area contributed by atoms with E-state index in [1.165, 1.54) is 6.33 Å². The summed E-state index contributed by atoms with van der Waals surface area (Å²) in [4.78, 5) is 31.7. The predicted molar refractivity (Wildman–Crippen MR) is 101 cm³/mol. The van der Waals surface area contributed by atoms with Crippen LogP contribution in [-0.4, -0.2) is 55.6 Å². The van der Waals surface area contributed by atoms with E-state index in [0.29, 0.717) is 55.5 Å². The summed E-state index contributed by atoms with van der Waals surface area (Å²) in [5.41, 5.74) is 2.11. The smallest absolute Gasteiger partial charge is 0.228 e. The van der Waals surface area contributed by atoms with Gasteiger partial charge in [-0.3, -0.25) is 4.79 Å². The van der Waals surface area contributed by atoms with E-state index in [-0.39, 0.29) is 12.0 Å². The van der Waals surface area contributed by atoms with Crippen molar-refractivity contribution in [3.63, 3.8) is 0 Å². The molecule has 0 radical (unpaired) electrons. The number of hydrogen-bond acceptors (Lipinski definition) is 9. The zero-order valence-electron chi connectivity index (χ0n) is 15.7. The van der Waals surface area contributed by atoms with E-state index >= 15 is 0 Å². The number of carbonyl (C=O) groups excluding carboxylic acids is 1. The number of hydrogen-bond donors (Lipinski definition) is 0. The average Bonchev–Trinajstić information content (AvgIpc) is 3.37. The van der Waals surface area contributed by atoms with Crippen LogP contribution in [0.15, 0.2) is 22.4 Å². The van der Waals surface area contributed by atoms with Crippen molar-refractivity contribution in [1.82, 2.24) is 30.0 Å². The van der Waals surface area contributed by atoms with E-state index in [1.807, 2.05) is 19.2 Å². The van der Waals surface area contributed by atoms with Crippen LogP contribution in [0.25, 0.3) is 11.4 Å². The molecule has 3 aromatic rings. The molecule has 10 heteroatoms. The minimum Gasteiger partial charge on any atom is -0.368 e. The lowest BCUT2D eigenvalue weighted by atomic mass is 10.1. The summed E-state index contributed by atoms with van der Waals surface area (Å²) >= 11 is 1.55. The van der Waals surface area contributed by atoms with Gasteiger partial charge < -0.3 is 14.2 Å². The number of morpholine rings is 1. The Hall–Kier alpha value is -2.72. The number of ether oxygens (including phenoxy) is 1. The van der Waals surface area contributed by atoms with E-state index in [1.54, 1.807) is 22.4 Å². The number of aryl methyl sites for hydroxylation is 2. The van der Waals surface area contributed by atoms with Gasteiger partial charge in [-0.15, -0.1) is 11.3 Å². The molecule has 4 rings (SSSR count). The summed E-state index contributed by atoms with van der Waals surface area (Å²) in [6.45, 7) is 5.26. The fourth-order valence-electron chi connectivity index (χ4n) is 3.07. The van der Waals surface area contributed by atoms with Gasteiger partial charge in [-0.1, -0.05) is 12.1 Å². The Morgan fingerprint density at radius 3 is 3.04 bits per heavy atom. The summed E-state index contributed by atoms with van der Waals surface area (Å²) in [7, 11) is 0. The first-order valence-electron chi connectivity index (χ1n) is 9.07. The second-order valence-corrected chi connectivity index (χ2v) is 7.48. The number of nitrogens with zero attached hydrogens (tertiary/aromatic N) is 6. The minimum absolute atomic E-state index is 0.0297. The molecule has 28 heavy (non-hydrogen) atoms. The molecule has 0 saturated carbocycles. The number of amides is 1. The third-order valence-electron chi connectivity index (χ3n) is 4.48. The Morgan fingerprint density at radius 1 is 1.39 bits per heavy atom. The lowest BCUT2D eigenvalue weighted by molar-refractivity contribution is -0.138. The Balaban J connectivity index is 1.52. The summed E-state index contributed by atoms with van der Waals surface area (Å²) in [5, 5.41) is 6.90. The summed E-state index contributed by atoms with van der Waals surface area (Å²) in [5.74, 6) is 1.00. The topological polar surface area (TPSA) is 107 Å². The molecule has 0 spiro atoms. The second kappa shape index (κ2) is 8.11. The van der Waals surface area contributed by atoms with Crippen molar-refractivity contribution in [3.8, 4) is 11.4 Å². The van der Waals surface area contributed by atoms with Crippen LogP contribution in [0.5, 0.6) is 0 Å². The van der Waals surface area contributed by atoms with Crippen LogP contribution in [0.3, 0.4) is 0 Å². The zero-order valence-corrected chi connectivity index (χ0v) is 16.5. The molecule has 1 aliphatic heterocycles. The summed E-state index contributed by atoms with van der Waals surface area (Å²) in [6, 6.07) is 0. The SMILES string of the molecule is CCc1nc(-c2cncnc2[C@@H]2CN(C(=O)Cc3csc(C)n3)CCO2)no1. The van der Waals surface area contributed by atoms with Gasteiger partial charge >= 0.3 is 0 Å². The fourth-order valence-corrected chi connectivity index (χ4v) is 3.69. The monoisotopic (exact) mass is 400 g/mol. The number of thiazole rings is 1. The molecule has 1 atom stereocenters. The van der Waals surface area contributed by atoms with Crippen molar-refractivity contribution in [2.24, 2.45) is 0 Å². The molecule has 0 aliphatic carbocycles. The van der Waals surface area contributed by atoms with Gasteiger partial charge in [-0.25, -0.2) is 15.0 Å². The second-order valence-electron chi connectivity index (χ2n) is 6.42.